The molecule has 2 aromatic rings. The van der Waals surface area contributed by atoms with E-state index < -0.39 is 29.8 Å². The number of carboxylic acid groups (broad SMARTS) is 1. The maximum atomic E-state index is 13.2. The van der Waals surface area contributed by atoms with Gasteiger partial charge in [0.25, 0.3) is 0 Å². The smallest absolute Gasteiger partial charge is 0.336 e. The molecule has 2 aliphatic rings. The minimum absolute atomic E-state index is 0.196. The Bertz CT molecular complexity index is 1260. The summed E-state index contributed by atoms with van der Waals surface area (Å²) < 4.78 is 2.62. The Morgan fingerprint density at radius 2 is 2.09 bits per heavy atom. The molecule has 2 amide bonds. The lowest BCUT2D eigenvalue weighted by Crippen LogP contribution is -2.51. The second-order valence-electron chi connectivity index (χ2n) is 8.59. The van der Waals surface area contributed by atoms with E-state index in [-0.39, 0.29) is 35.0 Å². The first-order chi connectivity index (χ1) is 15.6. The van der Waals surface area contributed by atoms with Crippen LogP contribution in [-0.4, -0.2) is 48.8 Å². The number of aromatic nitrogens is 2. The highest BCUT2D eigenvalue weighted by Crippen LogP contribution is 2.48. The number of likely N-dealkylation sites (tertiary alicyclic amines) is 1. The van der Waals surface area contributed by atoms with Crippen molar-refractivity contribution in [3.63, 3.8) is 0 Å². The van der Waals surface area contributed by atoms with E-state index in [9.17, 15) is 29.9 Å². The molecule has 2 bridgehead atoms. The number of nitrogens with zero attached hydrogens (tertiary/aromatic N) is 4. The molecule has 0 unspecified atom stereocenters. The zero-order valence-electron chi connectivity index (χ0n) is 18.4. The number of rotatable bonds is 5. The van der Waals surface area contributed by atoms with Crippen molar-refractivity contribution in [1.29, 1.82) is 5.26 Å². The van der Waals surface area contributed by atoms with Crippen molar-refractivity contribution in [2.45, 2.75) is 51.7 Å². The molecular weight excluding hydrogens is 450 g/mol. The fourth-order valence-electron chi connectivity index (χ4n) is 4.79. The molecule has 4 rings (SSSR count). The van der Waals surface area contributed by atoms with Crippen LogP contribution in [0.5, 0.6) is 5.88 Å². The van der Waals surface area contributed by atoms with Crippen LogP contribution in [0.15, 0.2) is 16.9 Å². The highest BCUT2D eigenvalue weighted by molar-refractivity contribution is 6.32. The van der Waals surface area contributed by atoms with Crippen molar-refractivity contribution in [3.05, 3.63) is 44.5 Å². The molecule has 2 aliphatic heterocycles. The van der Waals surface area contributed by atoms with E-state index in [2.05, 4.69) is 5.32 Å². The minimum atomic E-state index is -1.11. The maximum Gasteiger partial charge on any atom is 0.336 e. The van der Waals surface area contributed by atoms with E-state index in [1.54, 1.807) is 19.9 Å². The van der Waals surface area contributed by atoms with Crippen molar-refractivity contribution in [3.8, 4) is 17.6 Å². The summed E-state index contributed by atoms with van der Waals surface area (Å²) in [6.45, 7) is 5.49. The van der Waals surface area contributed by atoms with Gasteiger partial charge in [-0.25, -0.2) is 19.0 Å². The van der Waals surface area contributed by atoms with E-state index in [1.165, 1.54) is 15.5 Å². The molecule has 11 heteroatoms. The molecule has 10 nitrogen and oxygen atoms in total. The van der Waals surface area contributed by atoms with Crippen LogP contribution in [0.2, 0.25) is 5.02 Å². The normalized spacial score (nSPS) is 20.3. The van der Waals surface area contributed by atoms with Gasteiger partial charge in [-0.2, -0.15) is 5.26 Å². The average Bonchev–Trinajstić information content (AvgIpc) is 3.45. The van der Waals surface area contributed by atoms with Crippen LogP contribution in [-0.2, 0) is 4.79 Å². The summed E-state index contributed by atoms with van der Waals surface area (Å²) in [4.78, 5) is 39.3. The standard InChI is InChI=1S/C22H24ClN5O5/c1-4-10(2)17(20(30)31)25-21(32)26-9-13-7-15(26)18-19(29)28(22(33)27(13)18)14-6-5-12(8-24)16(23)11(14)3/h5-6,10,13,15,17,29H,4,7,9H2,1-3H3,(H,25,32)(H,30,31)/t10-,13-,15-,17-/m0/s1. The summed E-state index contributed by atoms with van der Waals surface area (Å²) in [5.74, 6) is -1.67. The average molecular weight is 474 g/mol. The lowest BCUT2D eigenvalue weighted by molar-refractivity contribution is -0.140. The number of amides is 2. The van der Waals surface area contributed by atoms with Gasteiger partial charge < -0.3 is 20.4 Å². The SMILES string of the molecule is CC[C@H](C)[C@H](NC(=O)N1C[C@@H]2C[C@H]1c1c(O)n(-c3ccc(C#N)c(Cl)c3C)c(=O)n12)C(=O)O. The Morgan fingerprint density at radius 3 is 2.70 bits per heavy atom. The number of carbonyl (C=O) groups is 2. The van der Waals surface area contributed by atoms with Gasteiger partial charge in [0.15, 0.2) is 0 Å². The van der Waals surface area contributed by atoms with Gasteiger partial charge in [0.05, 0.1) is 28.4 Å². The van der Waals surface area contributed by atoms with E-state index >= 15 is 0 Å². The van der Waals surface area contributed by atoms with Gasteiger partial charge in [0.2, 0.25) is 5.88 Å². The summed E-state index contributed by atoms with van der Waals surface area (Å²) in [6.07, 6.45) is 1.04. The molecule has 1 aromatic heterocycles. The number of hydrogen-bond acceptors (Lipinski definition) is 5. The summed E-state index contributed by atoms with van der Waals surface area (Å²) in [7, 11) is 0. The molecule has 3 heterocycles. The summed E-state index contributed by atoms with van der Waals surface area (Å²) in [5, 5.41) is 32.5. The number of fused-ring (bicyclic) bond motifs is 5. The Morgan fingerprint density at radius 1 is 1.39 bits per heavy atom. The fourth-order valence-corrected chi connectivity index (χ4v) is 4.99. The number of aliphatic carboxylic acids is 1. The zero-order chi connectivity index (χ0) is 24.2. The first-order valence-electron chi connectivity index (χ1n) is 10.7. The monoisotopic (exact) mass is 473 g/mol. The maximum absolute atomic E-state index is 13.2. The van der Waals surface area contributed by atoms with Gasteiger partial charge in [-0.15, -0.1) is 0 Å². The number of halogens is 1. The number of nitrogens with one attached hydrogen (secondary N) is 1. The van der Waals surface area contributed by atoms with Crippen LogP contribution in [0.25, 0.3) is 5.69 Å². The van der Waals surface area contributed by atoms with Gasteiger partial charge in [0, 0.05) is 6.54 Å². The molecule has 0 radical (unpaired) electrons. The Hall–Kier alpha value is -3.45. The van der Waals surface area contributed by atoms with Crippen molar-refractivity contribution in [2.75, 3.05) is 6.54 Å². The third-order valence-corrected chi connectivity index (χ3v) is 7.28. The Balaban J connectivity index is 1.70. The summed E-state index contributed by atoms with van der Waals surface area (Å²) >= 11 is 6.26. The molecule has 1 fully saturated rings. The second kappa shape index (κ2) is 8.15. The quantitative estimate of drug-likeness (QED) is 0.609. The van der Waals surface area contributed by atoms with Gasteiger partial charge in [0.1, 0.15) is 17.8 Å². The third kappa shape index (κ3) is 3.35. The van der Waals surface area contributed by atoms with E-state index in [0.717, 1.165) is 4.57 Å². The minimum Gasteiger partial charge on any atom is -0.493 e. The number of nitriles is 1. The predicted molar refractivity (Wildman–Crippen MR) is 119 cm³/mol. The van der Waals surface area contributed by atoms with Gasteiger partial charge in [-0.1, -0.05) is 31.9 Å². The molecule has 174 valence electrons. The first kappa shape index (κ1) is 22.7. The number of carbonyl (C=O) groups excluding carboxylic acids is 1. The molecule has 1 aromatic carbocycles. The predicted octanol–water partition coefficient (Wildman–Crippen LogP) is 2.69. The summed E-state index contributed by atoms with van der Waals surface area (Å²) in [6, 6.07) is 2.53. The van der Waals surface area contributed by atoms with Gasteiger partial charge in [-0.05, 0) is 37.0 Å². The van der Waals surface area contributed by atoms with Crippen LogP contribution < -0.4 is 11.0 Å². The van der Waals surface area contributed by atoms with Crippen LogP contribution >= 0.6 is 11.6 Å². The van der Waals surface area contributed by atoms with E-state index in [4.69, 9.17) is 11.6 Å². The third-order valence-electron chi connectivity index (χ3n) is 6.80. The Labute approximate surface area is 194 Å². The number of benzene rings is 1. The summed E-state index contributed by atoms with van der Waals surface area (Å²) in [5.41, 5.74) is 0.928. The van der Waals surface area contributed by atoms with Crippen molar-refractivity contribution in [2.24, 2.45) is 5.92 Å². The van der Waals surface area contributed by atoms with Crippen molar-refractivity contribution in [1.82, 2.24) is 19.4 Å². The molecule has 3 N–H and O–H groups in total. The molecule has 0 spiro atoms. The number of aromatic hydroxyl groups is 1. The van der Waals surface area contributed by atoms with Crippen LogP contribution in [0, 0.1) is 24.2 Å². The fraction of sp³-hybridized carbons (Fsp3) is 0.455. The highest BCUT2D eigenvalue weighted by Gasteiger charge is 2.49. The van der Waals surface area contributed by atoms with Crippen LogP contribution in [0.1, 0.15) is 55.6 Å². The second-order valence-corrected chi connectivity index (χ2v) is 8.97. The topological polar surface area (TPSA) is 141 Å². The molecule has 4 atom stereocenters. The highest BCUT2D eigenvalue weighted by atomic mass is 35.5. The molecule has 0 aliphatic carbocycles. The van der Waals surface area contributed by atoms with Gasteiger partial charge in [-0.3, -0.25) is 4.57 Å². The number of carboxylic acids is 1. The lowest BCUT2D eigenvalue weighted by Gasteiger charge is -2.30. The molecule has 33 heavy (non-hydrogen) atoms. The number of hydrogen-bond donors (Lipinski definition) is 3. The lowest BCUT2D eigenvalue weighted by atomic mass is 9.99. The van der Waals surface area contributed by atoms with Crippen LogP contribution in [0.3, 0.4) is 0 Å². The molecule has 1 saturated heterocycles. The van der Waals surface area contributed by atoms with Gasteiger partial charge >= 0.3 is 17.7 Å². The van der Waals surface area contributed by atoms with Crippen molar-refractivity contribution < 1.29 is 19.8 Å². The van der Waals surface area contributed by atoms with Crippen molar-refractivity contribution >= 4 is 23.6 Å². The van der Waals surface area contributed by atoms with E-state index in [1.807, 2.05) is 13.0 Å². The number of urea groups is 1. The number of imidazole rings is 1. The largest absolute Gasteiger partial charge is 0.493 e. The molecule has 0 saturated carbocycles. The molecular formula is C22H24ClN5O5. The Kier molecular flexibility index (Phi) is 5.62. The first-order valence-corrected chi connectivity index (χ1v) is 11.1. The van der Waals surface area contributed by atoms with Crippen LogP contribution in [0.4, 0.5) is 4.79 Å². The zero-order valence-corrected chi connectivity index (χ0v) is 19.1. The van der Waals surface area contributed by atoms with E-state index in [0.29, 0.717) is 29.8 Å².